The van der Waals surface area contributed by atoms with E-state index in [4.69, 9.17) is 23.8 Å². The summed E-state index contributed by atoms with van der Waals surface area (Å²) >= 11 is 11.6. The average Bonchev–Trinajstić information content (AvgIpc) is 2.62. The molecule has 3 rings (SSSR count). The zero-order valence-electron chi connectivity index (χ0n) is 14.1. The molecule has 2 N–H and O–H groups in total. The quantitative estimate of drug-likeness (QED) is 0.751. The predicted molar refractivity (Wildman–Crippen MR) is 108 cm³/mol. The summed E-state index contributed by atoms with van der Waals surface area (Å²) in [7, 11) is 0. The second-order valence-corrected chi connectivity index (χ2v) is 6.95. The number of carbonyl (C=O) groups excluding carboxylic acids is 1. The van der Waals surface area contributed by atoms with Crippen LogP contribution >= 0.6 is 23.8 Å². The number of halogens is 2. The van der Waals surface area contributed by atoms with Gasteiger partial charge < -0.3 is 10.2 Å². The van der Waals surface area contributed by atoms with Crippen molar-refractivity contribution < 1.29 is 9.18 Å². The van der Waals surface area contributed by atoms with E-state index in [1.165, 1.54) is 37.5 Å². The lowest BCUT2D eigenvalue weighted by atomic mass is 10.1. The summed E-state index contributed by atoms with van der Waals surface area (Å²) in [5.41, 5.74) is 1.89. The molecule has 1 fully saturated rings. The van der Waals surface area contributed by atoms with Crippen LogP contribution < -0.4 is 15.5 Å². The lowest BCUT2D eigenvalue weighted by molar-refractivity contribution is 0.0977. The second kappa shape index (κ2) is 8.47. The number of amides is 1. The molecule has 1 heterocycles. The monoisotopic (exact) mass is 391 g/mol. The number of benzene rings is 2. The number of thiocarbonyl (C=S) groups is 1. The highest BCUT2D eigenvalue weighted by atomic mass is 35.5. The van der Waals surface area contributed by atoms with E-state index < -0.39 is 11.7 Å². The largest absolute Gasteiger partial charge is 0.370 e. The maximum absolute atomic E-state index is 13.2. The fourth-order valence-electron chi connectivity index (χ4n) is 2.94. The van der Waals surface area contributed by atoms with Gasteiger partial charge in [-0.1, -0.05) is 17.7 Å². The van der Waals surface area contributed by atoms with Gasteiger partial charge in [0.25, 0.3) is 5.91 Å². The van der Waals surface area contributed by atoms with Gasteiger partial charge in [-0.05, 0) is 67.9 Å². The Balaban J connectivity index is 1.62. The normalized spacial score (nSPS) is 14.0. The predicted octanol–water partition coefficient (Wildman–Crippen LogP) is 4.60. The van der Waals surface area contributed by atoms with E-state index in [0.717, 1.165) is 24.8 Å². The van der Waals surface area contributed by atoms with Gasteiger partial charge in [0, 0.05) is 24.3 Å². The molecule has 1 saturated heterocycles. The van der Waals surface area contributed by atoms with E-state index in [-0.39, 0.29) is 10.7 Å². The van der Waals surface area contributed by atoms with Gasteiger partial charge in [-0.15, -0.1) is 0 Å². The summed E-state index contributed by atoms with van der Waals surface area (Å²) in [6.07, 6.45) is 3.60. The molecule has 0 aliphatic carbocycles. The first kappa shape index (κ1) is 18.6. The Labute approximate surface area is 162 Å². The zero-order chi connectivity index (χ0) is 18.5. The second-order valence-electron chi connectivity index (χ2n) is 6.13. The summed E-state index contributed by atoms with van der Waals surface area (Å²) in [4.78, 5) is 14.4. The molecule has 26 heavy (non-hydrogen) atoms. The molecule has 0 spiro atoms. The summed E-state index contributed by atoms with van der Waals surface area (Å²) < 4.78 is 13.2. The molecular formula is C19H19ClFN3OS. The van der Waals surface area contributed by atoms with Gasteiger partial charge >= 0.3 is 0 Å². The van der Waals surface area contributed by atoms with Gasteiger partial charge in [0.05, 0.1) is 10.7 Å². The third-order valence-corrected chi connectivity index (χ3v) is 4.72. The number of rotatable bonds is 3. The Morgan fingerprint density at radius 2 is 1.88 bits per heavy atom. The van der Waals surface area contributed by atoms with E-state index in [9.17, 15) is 9.18 Å². The van der Waals surface area contributed by atoms with Gasteiger partial charge in [-0.3, -0.25) is 10.1 Å². The molecule has 2 aromatic carbocycles. The number of carbonyl (C=O) groups is 1. The molecule has 0 atom stereocenters. The summed E-state index contributed by atoms with van der Waals surface area (Å²) in [6, 6.07) is 11.0. The molecule has 0 aromatic heterocycles. The minimum atomic E-state index is -0.475. The zero-order valence-corrected chi connectivity index (χ0v) is 15.7. The van der Waals surface area contributed by atoms with Crippen molar-refractivity contribution in [2.24, 2.45) is 0 Å². The van der Waals surface area contributed by atoms with E-state index in [1.54, 1.807) is 6.07 Å². The van der Waals surface area contributed by atoms with Crippen molar-refractivity contribution in [2.45, 2.75) is 19.3 Å². The first-order chi connectivity index (χ1) is 12.5. The van der Waals surface area contributed by atoms with E-state index in [0.29, 0.717) is 10.7 Å². The highest BCUT2D eigenvalue weighted by Crippen LogP contribution is 2.30. The van der Waals surface area contributed by atoms with Crippen molar-refractivity contribution in [1.29, 1.82) is 0 Å². The highest BCUT2D eigenvalue weighted by molar-refractivity contribution is 7.80. The van der Waals surface area contributed by atoms with E-state index in [1.807, 2.05) is 12.1 Å². The lowest BCUT2D eigenvalue weighted by Gasteiger charge is -2.29. The standard InChI is InChI=1S/C19H19ClFN3OS/c20-16-12-15(7-8-17(16)24-9-2-1-3-10-24)22-19(26)23-18(25)13-5-4-6-14(21)11-13/h4-8,11-12H,1-3,9-10H2,(H2,22,23,25,26). The van der Waals surface area contributed by atoms with Crippen molar-refractivity contribution in [2.75, 3.05) is 23.3 Å². The molecule has 7 heteroatoms. The molecular weight excluding hydrogens is 373 g/mol. The van der Waals surface area contributed by atoms with Gasteiger partial charge in [0.1, 0.15) is 5.82 Å². The van der Waals surface area contributed by atoms with Gasteiger partial charge in [0.15, 0.2) is 5.11 Å². The minimum absolute atomic E-state index is 0.126. The molecule has 1 amide bonds. The first-order valence-electron chi connectivity index (χ1n) is 8.45. The molecule has 1 aliphatic rings. The number of hydrogen-bond donors (Lipinski definition) is 2. The maximum Gasteiger partial charge on any atom is 0.257 e. The smallest absolute Gasteiger partial charge is 0.257 e. The van der Waals surface area contributed by atoms with Crippen LogP contribution in [0.5, 0.6) is 0 Å². The fourth-order valence-corrected chi connectivity index (χ4v) is 3.45. The minimum Gasteiger partial charge on any atom is -0.370 e. The Morgan fingerprint density at radius 1 is 1.12 bits per heavy atom. The third-order valence-electron chi connectivity index (χ3n) is 4.22. The molecule has 1 aliphatic heterocycles. The summed E-state index contributed by atoms with van der Waals surface area (Å²) in [6.45, 7) is 2.02. The molecule has 0 bridgehead atoms. The van der Waals surface area contributed by atoms with Crippen LogP contribution in [0.25, 0.3) is 0 Å². The van der Waals surface area contributed by atoms with Crippen LogP contribution in [0.2, 0.25) is 5.02 Å². The Bertz CT molecular complexity index is 824. The summed E-state index contributed by atoms with van der Waals surface area (Å²) in [5.74, 6) is -0.949. The maximum atomic E-state index is 13.2. The van der Waals surface area contributed by atoms with Crippen LogP contribution in [0.4, 0.5) is 15.8 Å². The van der Waals surface area contributed by atoms with Crippen LogP contribution in [-0.2, 0) is 0 Å². The van der Waals surface area contributed by atoms with E-state index >= 15 is 0 Å². The number of anilines is 2. The Kier molecular flexibility index (Phi) is 6.06. The summed E-state index contributed by atoms with van der Waals surface area (Å²) in [5, 5.41) is 6.22. The molecule has 0 radical (unpaired) electrons. The van der Waals surface area contributed by atoms with Gasteiger partial charge in [0.2, 0.25) is 0 Å². The van der Waals surface area contributed by atoms with Crippen molar-refractivity contribution >= 4 is 46.2 Å². The number of nitrogens with one attached hydrogen (secondary N) is 2. The fraction of sp³-hybridized carbons (Fsp3) is 0.263. The van der Waals surface area contributed by atoms with Gasteiger partial charge in [-0.2, -0.15) is 0 Å². The van der Waals surface area contributed by atoms with E-state index in [2.05, 4.69) is 15.5 Å². The van der Waals surface area contributed by atoms with Crippen molar-refractivity contribution in [3.63, 3.8) is 0 Å². The van der Waals surface area contributed by atoms with Crippen LogP contribution in [0.1, 0.15) is 29.6 Å². The number of nitrogens with zero attached hydrogens (tertiary/aromatic N) is 1. The molecule has 0 unspecified atom stereocenters. The SMILES string of the molecule is O=C(NC(=S)Nc1ccc(N2CCCCC2)c(Cl)c1)c1cccc(F)c1. The van der Waals surface area contributed by atoms with Crippen molar-refractivity contribution in [3.05, 3.63) is 58.9 Å². The van der Waals surface area contributed by atoms with Crippen LogP contribution in [0.3, 0.4) is 0 Å². The molecule has 0 saturated carbocycles. The van der Waals surface area contributed by atoms with Crippen LogP contribution in [0.15, 0.2) is 42.5 Å². The van der Waals surface area contributed by atoms with Gasteiger partial charge in [-0.25, -0.2) is 4.39 Å². The number of hydrogen-bond acceptors (Lipinski definition) is 3. The van der Waals surface area contributed by atoms with Crippen LogP contribution in [0, 0.1) is 5.82 Å². The van der Waals surface area contributed by atoms with Crippen molar-refractivity contribution in [1.82, 2.24) is 5.32 Å². The third kappa shape index (κ3) is 4.71. The molecule has 2 aromatic rings. The molecule has 136 valence electrons. The highest BCUT2D eigenvalue weighted by Gasteiger charge is 2.15. The van der Waals surface area contributed by atoms with Crippen LogP contribution in [-0.4, -0.2) is 24.1 Å². The topological polar surface area (TPSA) is 44.4 Å². The van der Waals surface area contributed by atoms with Crippen molar-refractivity contribution in [3.8, 4) is 0 Å². The Morgan fingerprint density at radius 3 is 2.58 bits per heavy atom. The Hall–Kier alpha value is -2.18. The first-order valence-corrected chi connectivity index (χ1v) is 9.24. The number of piperidine rings is 1. The lowest BCUT2D eigenvalue weighted by Crippen LogP contribution is -2.34. The average molecular weight is 392 g/mol. The molecule has 4 nitrogen and oxygen atoms in total.